The fourth-order valence-corrected chi connectivity index (χ4v) is 3.28. The normalized spacial score (nSPS) is 21.8. The maximum Gasteiger partial charge on any atom is 0.339 e. The van der Waals surface area contributed by atoms with Gasteiger partial charge in [-0.05, 0) is 30.2 Å². The van der Waals surface area contributed by atoms with E-state index in [0.29, 0.717) is 5.56 Å². The van der Waals surface area contributed by atoms with Crippen LogP contribution in [0.3, 0.4) is 0 Å². The van der Waals surface area contributed by atoms with Crippen LogP contribution in [0, 0.1) is 5.92 Å². The highest BCUT2D eigenvalue weighted by molar-refractivity contribution is 6.41. The van der Waals surface area contributed by atoms with Gasteiger partial charge in [0.2, 0.25) is 17.2 Å². The number of ether oxygens (including phenoxy) is 2. The van der Waals surface area contributed by atoms with Gasteiger partial charge in [-0.1, -0.05) is 43.3 Å². The van der Waals surface area contributed by atoms with Crippen LogP contribution in [0.2, 0.25) is 0 Å². The van der Waals surface area contributed by atoms with Gasteiger partial charge in [0.15, 0.2) is 0 Å². The number of esters is 2. The van der Waals surface area contributed by atoms with E-state index in [9.17, 15) is 19.2 Å². The zero-order valence-corrected chi connectivity index (χ0v) is 15.4. The molecule has 1 fully saturated rings. The summed E-state index contributed by atoms with van der Waals surface area (Å²) in [6, 6.07) is 16.4. The topological polar surface area (TPSA) is 86.7 Å². The van der Waals surface area contributed by atoms with Crippen LogP contribution < -0.4 is 0 Å². The lowest BCUT2D eigenvalue weighted by Crippen LogP contribution is -2.55. The molecular formula is C22H20O6. The van der Waals surface area contributed by atoms with Crippen molar-refractivity contribution in [2.75, 3.05) is 6.61 Å². The Kier molecular flexibility index (Phi) is 5.68. The number of hydrogen-bond donors (Lipinski definition) is 0. The molecule has 0 N–H and O–H groups in total. The minimum Gasteiger partial charge on any atom is -0.457 e. The molecule has 0 aromatic heterocycles. The molecule has 1 aliphatic carbocycles. The summed E-state index contributed by atoms with van der Waals surface area (Å²) < 4.78 is 10.8. The van der Waals surface area contributed by atoms with Crippen LogP contribution in [0.15, 0.2) is 60.7 Å². The average molecular weight is 380 g/mol. The summed E-state index contributed by atoms with van der Waals surface area (Å²) in [5.41, 5.74) is -1.27. The molecule has 28 heavy (non-hydrogen) atoms. The lowest BCUT2D eigenvalue weighted by Gasteiger charge is -2.36. The van der Waals surface area contributed by atoms with Gasteiger partial charge in [-0.25, -0.2) is 9.59 Å². The Morgan fingerprint density at radius 2 is 1.46 bits per heavy atom. The van der Waals surface area contributed by atoms with Crippen molar-refractivity contribution in [2.24, 2.45) is 5.92 Å². The predicted octanol–water partition coefficient (Wildman–Crippen LogP) is 3.01. The molecule has 6 nitrogen and oxygen atoms in total. The zero-order chi connectivity index (χ0) is 20.1. The Hall–Kier alpha value is -3.28. The van der Waals surface area contributed by atoms with Crippen molar-refractivity contribution >= 4 is 23.5 Å². The van der Waals surface area contributed by atoms with Crippen LogP contribution in [0.5, 0.6) is 0 Å². The van der Waals surface area contributed by atoms with Gasteiger partial charge >= 0.3 is 11.9 Å². The van der Waals surface area contributed by atoms with Gasteiger partial charge in [-0.2, -0.15) is 0 Å². The third kappa shape index (κ3) is 4.17. The highest BCUT2D eigenvalue weighted by atomic mass is 16.6. The first-order valence-corrected chi connectivity index (χ1v) is 8.99. The molecule has 0 bridgehead atoms. The molecule has 2 aromatic carbocycles. The minimum atomic E-state index is -1.81. The Morgan fingerprint density at radius 1 is 0.929 bits per heavy atom. The maximum absolute atomic E-state index is 12.7. The monoisotopic (exact) mass is 380 g/mol. The van der Waals surface area contributed by atoms with E-state index in [1.807, 2.05) is 0 Å². The van der Waals surface area contributed by atoms with E-state index < -0.39 is 35.7 Å². The van der Waals surface area contributed by atoms with Crippen molar-refractivity contribution in [3.8, 4) is 0 Å². The second-order valence-electron chi connectivity index (χ2n) is 6.96. The van der Waals surface area contributed by atoms with Gasteiger partial charge < -0.3 is 9.47 Å². The molecule has 1 saturated carbocycles. The first-order valence-electron chi connectivity index (χ1n) is 8.99. The van der Waals surface area contributed by atoms with E-state index >= 15 is 0 Å². The lowest BCUT2D eigenvalue weighted by atomic mass is 9.77. The second kappa shape index (κ2) is 8.17. The van der Waals surface area contributed by atoms with E-state index in [4.69, 9.17) is 9.47 Å². The van der Waals surface area contributed by atoms with Crippen LogP contribution in [-0.4, -0.2) is 35.7 Å². The number of carbonyl (C=O) groups excluding carboxylic acids is 4. The summed E-state index contributed by atoms with van der Waals surface area (Å²) in [5.74, 6) is -3.06. The molecule has 2 atom stereocenters. The van der Waals surface area contributed by atoms with Gasteiger partial charge in [-0.3, -0.25) is 9.59 Å². The molecule has 0 aliphatic heterocycles. The quantitative estimate of drug-likeness (QED) is 0.585. The first kappa shape index (κ1) is 19.5. The first-order chi connectivity index (χ1) is 13.4. The fourth-order valence-electron chi connectivity index (χ4n) is 3.28. The van der Waals surface area contributed by atoms with Crippen LogP contribution in [0.1, 0.15) is 40.5 Å². The summed E-state index contributed by atoms with van der Waals surface area (Å²) >= 11 is 0. The zero-order valence-electron chi connectivity index (χ0n) is 15.4. The summed E-state index contributed by atoms with van der Waals surface area (Å²) in [4.78, 5) is 49.7. The number of carbonyl (C=O) groups is 4. The standard InChI is InChI=1S/C22H20O6/c1-15-12-18(23)19(24)22(13-15,28-21(26)17-10-6-3-7-11-17)14-27-20(25)16-8-4-2-5-9-16/h2-11,15H,12-14H2,1H3. The van der Waals surface area contributed by atoms with Crippen molar-refractivity contribution in [3.05, 3.63) is 71.8 Å². The van der Waals surface area contributed by atoms with E-state index in [2.05, 4.69) is 0 Å². The molecule has 144 valence electrons. The van der Waals surface area contributed by atoms with Crippen LogP contribution >= 0.6 is 0 Å². The highest BCUT2D eigenvalue weighted by Crippen LogP contribution is 2.32. The molecular weight excluding hydrogens is 360 g/mol. The van der Waals surface area contributed by atoms with E-state index in [0.717, 1.165) is 0 Å². The third-order valence-corrected chi connectivity index (χ3v) is 4.62. The number of rotatable bonds is 5. The Labute approximate surface area is 162 Å². The van der Waals surface area contributed by atoms with E-state index in [1.165, 1.54) is 0 Å². The maximum atomic E-state index is 12.7. The third-order valence-electron chi connectivity index (χ3n) is 4.62. The second-order valence-corrected chi connectivity index (χ2v) is 6.96. The molecule has 1 aliphatic rings. The van der Waals surface area contributed by atoms with E-state index in [1.54, 1.807) is 67.6 Å². The molecule has 2 unspecified atom stereocenters. The Bertz CT molecular complexity index is 890. The molecule has 2 aromatic rings. The van der Waals surface area contributed by atoms with Gasteiger partial charge in [-0.15, -0.1) is 0 Å². The number of hydrogen-bond acceptors (Lipinski definition) is 6. The number of ketones is 2. The van der Waals surface area contributed by atoms with Gasteiger partial charge in [0, 0.05) is 12.8 Å². The molecule has 3 rings (SSSR count). The van der Waals surface area contributed by atoms with E-state index in [-0.39, 0.29) is 24.3 Å². The molecule has 0 heterocycles. The Morgan fingerprint density at radius 3 is 2.04 bits per heavy atom. The summed E-state index contributed by atoms with van der Waals surface area (Å²) in [6.07, 6.45) is 0.189. The molecule has 0 amide bonds. The van der Waals surface area contributed by atoms with Crippen LogP contribution in [-0.2, 0) is 19.1 Å². The SMILES string of the molecule is CC1CC(=O)C(=O)C(COC(=O)c2ccccc2)(OC(=O)c2ccccc2)C1. The number of benzene rings is 2. The van der Waals surface area contributed by atoms with Gasteiger partial charge in [0.1, 0.15) is 6.61 Å². The summed E-state index contributed by atoms with van der Waals surface area (Å²) in [7, 11) is 0. The van der Waals surface area contributed by atoms with Crippen molar-refractivity contribution in [2.45, 2.75) is 25.4 Å². The Balaban J connectivity index is 1.84. The highest BCUT2D eigenvalue weighted by Gasteiger charge is 2.51. The predicted molar refractivity (Wildman–Crippen MR) is 99.7 cm³/mol. The van der Waals surface area contributed by atoms with Crippen molar-refractivity contribution in [1.29, 1.82) is 0 Å². The van der Waals surface area contributed by atoms with Crippen LogP contribution in [0.25, 0.3) is 0 Å². The van der Waals surface area contributed by atoms with Crippen LogP contribution in [0.4, 0.5) is 0 Å². The van der Waals surface area contributed by atoms with Crippen molar-refractivity contribution in [1.82, 2.24) is 0 Å². The lowest BCUT2D eigenvalue weighted by molar-refractivity contribution is -0.158. The molecule has 0 saturated heterocycles. The molecule has 6 heteroatoms. The summed E-state index contributed by atoms with van der Waals surface area (Å²) in [6.45, 7) is 1.28. The van der Waals surface area contributed by atoms with Gasteiger partial charge in [0.25, 0.3) is 0 Å². The van der Waals surface area contributed by atoms with Gasteiger partial charge in [0.05, 0.1) is 11.1 Å². The average Bonchev–Trinajstić information content (AvgIpc) is 2.71. The molecule has 0 spiro atoms. The summed E-state index contributed by atoms with van der Waals surface area (Å²) in [5, 5.41) is 0. The largest absolute Gasteiger partial charge is 0.457 e. The number of Topliss-reactive ketones (excluding diaryl/α,β-unsaturated/α-hetero) is 2. The van der Waals surface area contributed by atoms with Crippen molar-refractivity contribution in [3.63, 3.8) is 0 Å². The minimum absolute atomic E-state index is 0.0795. The molecule has 0 radical (unpaired) electrons. The fraction of sp³-hybridized carbons (Fsp3) is 0.273. The smallest absolute Gasteiger partial charge is 0.339 e. The van der Waals surface area contributed by atoms with Crippen molar-refractivity contribution < 1.29 is 28.7 Å².